The SMILES string of the molecule is Cc1cc(NC(=O)C(C#N)=CC=Cc2ccccc2)no1. The molecule has 0 saturated carbocycles. The number of nitrogens with one attached hydrogen (secondary N) is 1. The molecule has 0 unspecified atom stereocenters. The number of benzene rings is 1. The Morgan fingerprint density at radius 3 is 2.76 bits per heavy atom. The average Bonchev–Trinajstić information content (AvgIpc) is 2.89. The van der Waals surface area contributed by atoms with Gasteiger partial charge in [-0.15, -0.1) is 0 Å². The highest BCUT2D eigenvalue weighted by Gasteiger charge is 2.10. The molecule has 0 saturated heterocycles. The number of carbonyl (C=O) groups excluding carboxylic acids is 1. The number of carbonyl (C=O) groups is 1. The zero-order chi connectivity index (χ0) is 15.1. The second-order valence-corrected chi connectivity index (χ2v) is 4.24. The predicted molar refractivity (Wildman–Crippen MR) is 79.0 cm³/mol. The average molecular weight is 279 g/mol. The van der Waals surface area contributed by atoms with Crippen molar-refractivity contribution >= 4 is 17.8 Å². The molecule has 1 heterocycles. The van der Waals surface area contributed by atoms with E-state index >= 15 is 0 Å². The van der Waals surface area contributed by atoms with Gasteiger partial charge in [-0.1, -0.05) is 47.6 Å². The smallest absolute Gasteiger partial charge is 0.267 e. The number of anilines is 1. The van der Waals surface area contributed by atoms with Crippen LogP contribution in [-0.4, -0.2) is 11.1 Å². The van der Waals surface area contributed by atoms with Gasteiger partial charge in [0.2, 0.25) is 0 Å². The van der Waals surface area contributed by atoms with Gasteiger partial charge in [0.1, 0.15) is 17.4 Å². The predicted octanol–water partition coefficient (Wildman–Crippen LogP) is 3.08. The highest BCUT2D eigenvalue weighted by Crippen LogP contribution is 2.09. The molecular weight excluding hydrogens is 266 g/mol. The van der Waals surface area contributed by atoms with Crippen LogP contribution in [0.5, 0.6) is 0 Å². The van der Waals surface area contributed by atoms with Gasteiger partial charge in [0.15, 0.2) is 5.82 Å². The Hall–Kier alpha value is -3.13. The monoisotopic (exact) mass is 279 g/mol. The number of nitrogens with zero attached hydrogens (tertiary/aromatic N) is 2. The lowest BCUT2D eigenvalue weighted by Crippen LogP contribution is -2.13. The lowest BCUT2D eigenvalue weighted by molar-refractivity contribution is -0.112. The highest BCUT2D eigenvalue weighted by atomic mass is 16.5. The van der Waals surface area contributed by atoms with Crippen LogP contribution in [0.3, 0.4) is 0 Å². The Labute approximate surface area is 122 Å². The number of hydrogen-bond acceptors (Lipinski definition) is 4. The third kappa shape index (κ3) is 4.18. The van der Waals surface area contributed by atoms with Crippen LogP contribution in [-0.2, 0) is 4.79 Å². The molecule has 0 atom stereocenters. The van der Waals surface area contributed by atoms with Crippen LogP contribution in [0.4, 0.5) is 5.82 Å². The summed E-state index contributed by atoms with van der Waals surface area (Å²) in [5, 5.41) is 15.2. The molecule has 21 heavy (non-hydrogen) atoms. The zero-order valence-corrected chi connectivity index (χ0v) is 11.4. The number of rotatable bonds is 4. The van der Waals surface area contributed by atoms with Crippen molar-refractivity contribution in [3.63, 3.8) is 0 Å². The first kappa shape index (κ1) is 14.3. The largest absolute Gasteiger partial charge is 0.360 e. The first-order valence-electron chi connectivity index (χ1n) is 6.27. The van der Waals surface area contributed by atoms with Crippen molar-refractivity contribution in [2.75, 3.05) is 5.32 Å². The number of aryl methyl sites for hydroxylation is 1. The molecule has 0 fully saturated rings. The van der Waals surface area contributed by atoms with Gasteiger partial charge in [-0.2, -0.15) is 5.26 Å². The number of aromatic nitrogens is 1. The lowest BCUT2D eigenvalue weighted by atomic mass is 10.2. The minimum atomic E-state index is -0.525. The fourth-order valence-electron chi connectivity index (χ4n) is 1.59. The van der Waals surface area contributed by atoms with Crippen molar-refractivity contribution in [2.24, 2.45) is 0 Å². The van der Waals surface area contributed by atoms with Crippen LogP contribution >= 0.6 is 0 Å². The molecular formula is C16H13N3O2. The van der Waals surface area contributed by atoms with E-state index < -0.39 is 5.91 Å². The molecule has 5 nitrogen and oxygen atoms in total. The van der Waals surface area contributed by atoms with E-state index in [1.165, 1.54) is 6.08 Å². The van der Waals surface area contributed by atoms with Crippen molar-refractivity contribution in [1.29, 1.82) is 5.26 Å². The summed E-state index contributed by atoms with van der Waals surface area (Å²) in [7, 11) is 0. The summed E-state index contributed by atoms with van der Waals surface area (Å²) in [6.07, 6.45) is 4.92. The van der Waals surface area contributed by atoms with Gasteiger partial charge in [-0.3, -0.25) is 4.79 Å². The van der Waals surface area contributed by atoms with Crippen molar-refractivity contribution in [1.82, 2.24) is 5.16 Å². The first-order chi connectivity index (χ1) is 10.2. The maximum atomic E-state index is 11.9. The fraction of sp³-hybridized carbons (Fsp3) is 0.0625. The van der Waals surface area contributed by atoms with Gasteiger partial charge in [-0.05, 0) is 18.6 Å². The molecule has 0 aliphatic heterocycles. The van der Waals surface area contributed by atoms with Gasteiger partial charge in [0.05, 0.1) is 0 Å². The molecule has 5 heteroatoms. The Balaban J connectivity index is 2.05. The summed E-state index contributed by atoms with van der Waals surface area (Å²) >= 11 is 0. The molecule has 0 spiro atoms. The first-order valence-corrected chi connectivity index (χ1v) is 6.27. The number of hydrogen-bond donors (Lipinski definition) is 1. The molecule has 2 rings (SSSR count). The molecule has 1 aromatic carbocycles. The van der Waals surface area contributed by atoms with E-state index in [1.54, 1.807) is 19.1 Å². The number of nitriles is 1. The lowest BCUT2D eigenvalue weighted by Gasteiger charge is -1.97. The molecule has 104 valence electrons. The third-order valence-corrected chi connectivity index (χ3v) is 2.59. The molecule has 1 amide bonds. The van der Waals surface area contributed by atoms with Crippen LogP contribution < -0.4 is 5.32 Å². The maximum Gasteiger partial charge on any atom is 0.267 e. The van der Waals surface area contributed by atoms with Crippen LogP contribution in [0, 0.1) is 18.3 Å². The molecule has 1 N–H and O–H groups in total. The van der Waals surface area contributed by atoms with Crippen LogP contribution in [0.1, 0.15) is 11.3 Å². The van der Waals surface area contributed by atoms with Crippen LogP contribution in [0.25, 0.3) is 6.08 Å². The zero-order valence-electron chi connectivity index (χ0n) is 11.4. The molecule has 1 aromatic heterocycles. The molecule has 0 radical (unpaired) electrons. The third-order valence-electron chi connectivity index (χ3n) is 2.59. The topological polar surface area (TPSA) is 78.9 Å². The summed E-state index contributed by atoms with van der Waals surface area (Å²) in [5.41, 5.74) is 0.974. The van der Waals surface area contributed by atoms with Gasteiger partial charge < -0.3 is 9.84 Å². The van der Waals surface area contributed by atoms with E-state index in [-0.39, 0.29) is 11.4 Å². The van der Waals surface area contributed by atoms with Crippen LogP contribution in [0.15, 0.2) is 58.6 Å². The maximum absolute atomic E-state index is 11.9. The summed E-state index contributed by atoms with van der Waals surface area (Å²) in [4.78, 5) is 11.9. The minimum absolute atomic E-state index is 0.0113. The van der Waals surface area contributed by atoms with E-state index in [0.717, 1.165) is 5.56 Å². The van der Waals surface area contributed by atoms with Crippen molar-refractivity contribution < 1.29 is 9.32 Å². The van der Waals surface area contributed by atoms with Crippen LogP contribution in [0.2, 0.25) is 0 Å². The van der Waals surface area contributed by atoms with Gasteiger partial charge in [-0.25, -0.2) is 0 Å². The molecule has 0 aliphatic carbocycles. The Morgan fingerprint density at radius 2 is 2.14 bits per heavy atom. The molecule has 0 aliphatic rings. The van der Waals surface area contributed by atoms with Crippen molar-refractivity contribution in [2.45, 2.75) is 6.92 Å². The Bertz CT molecular complexity index is 721. The van der Waals surface area contributed by atoms with E-state index in [9.17, 15) is 4.79 Å². The van der Waals surface area contributed by atoms with E-state index in [1.807, 2.05) is 42.5 Å². The summed E-state index contributed by atoms with van der Waals surface area (Å²) in [5.74, 6) is 0.339. The fourth-order valence-corrected chi connectivity index (χ4v) is 1.59. The van der Waals surface area contributed by atoms with Gasteiger partial charge >= 0.3 is 0 Å². The number of allylic oxidation sites excluding steroid dienone is 2. The molecule has 2 aromatic rings. The van der Waals surface area contributed by atoms with Crippen molar-refractivity contribution in [3.05, 3.63) is 65.4 Å². The van der Waals surface area contributed by atoms with Gasteiger partial charge in [0, 0.05) is 6.07 Å². The second-order valence-electron chi connectivity index (χ2n) is 4.24. The Morgan fingerprint density at radius 1 is 1.38 bits per heavy atom. The highest BCUT2D eigenvalue weighted by molar-refractivity contribution is 6.06. The van der Waals surface area contributed by atoms with E-state index in [0.29, 0.717) is 5.76 Å². The second kappa shape index (κ2) is 6.87. The summed E-state index contributed by atoms with van der Waals surface area (Å²) in [6, 6.07) is 13.0. The normalized spacial score (nSPS) is 11.3. The van der Waals surface area contributed by atoms with E-state index in [2.05, 4.69) is 10.5 Å². The number of amides is 1. The standard InChI is InChI=1S/C16H13N3O2/c1-12-10-15(19-21-12)18-16(20)14(11-17)9-5-8-13-6-3-2-4-7-13/h2-10H,1H3,(H,18,19,20). The summed E-state index contributed by atoms with van der Waals surface area (Å²) < 4.78 is 4.84. The minimum Gasteiger partial charge on any atom is -0.360 e. The summed E-state index contributed by atoms with van der Waals surface area (Å²) in [6.45, 7) is 1.71. The Kier molecular flexibility index (Phi) is 4.67. The quantitative estimate of drug-likeness (QED) is 0.530. The van der Waals surface area contributed by atoms with Crippen molar-refractivity contribution in [3.8, 4) is 6.07 Å². The molecule has 0 bridgehead atoms. The van der Waals surface area contributed by atoms with E-state index in [4.69, 9.17) is 9.78 Å². The van der Waals surface area contributed by atoms with Gasteiger partial charge in [0.25, 0.3) is 5.91 Å².